The van der Waals surface area contributed by atoms with E-state index in [0.29, 0.717) is 43.4 Å². The summed E-state index contributed by atoms with van der Waals surface area (Å²) in [4.78, 5) is 146. The van der Waals surface area contributed by atoms with E-state index in [1.807, 2.05) is 144 Å². The van der Waals surface area contributed by atoms with Crippen LogP contribution < -0.4 is 21.7 Å². The van der Waals surface area contributed by atoms with Crippen LogP contribution in [0, 0.1) is 35.5 Å². The molecule has 18 heteroatoms. The van der Waals surface area contributed by atoms with Crippen molar-refractivity contribution >= 4 is 75.9 Å². The Bertz CT molecular complexity index is 2420. The zero-order chi connectivity index (χ0) is 64.5. The van der Waals surface area contributed by atoms with Crippen LogP contribution in [0.25, 0.3) is 0 Å². The Kier molecular flexibility index (Phi) is 38.1. The fraction of sp³-hybridized carbons (Fsp3) is 0.615. The number of benzene rings is 2. The second-order valence-corrected chi connectivity index (χ2v) is 24.4. The molecule has 0 saturated heterocycles. The van der Waals surface area contributed by atoms with Crippen molar-refractivity contribution in [2.75, 3.05) is 0 Å². The fourth-order valence-corrected chi connectivity index (χ4v) is 7.10. The lowest BCUT2D eigenvalue weighted by molar-refractivity contribution is -0.158. The number of carbonyl (C=O) groups excluding carboxylic acids is 13. The Morgan fingerprint density at radius 3 is 1.16 bits per heavy atom. The van der Waals surface area contributed by atoms with Gasteiger partial charge in [0.15, 0.2) is 23.1 Å². The molecule has 0 heterocycles. The highest BCUT2D eigenvalue weighted by Gasteiger charge is 2.33. The molecular weight excluding hydrogens is 1060 g/mol. The topological polar surface area (TPSA) is 293 Å². The van der Waals surface area contributed by atoms with E-state index in [0.717, 1.165) is 43.2 Å². The molecule has 2 aliphatic rings. The molecular formula is C65H100N4O14. The molecule has 5 N–H and O–H groups in total. The summed E-state index contributed by atoms with van der Waals surface area (Å²) >= 11 is 0. The minimum Gasteiger partial charge on any atom is -0.458 e. The summed E-state index contributed by atoms with van der Waals surface area (Å²) in [5, 5.41) is 7.80. The van der Waals surface area contributed by atoms with Gasteiger partial charge in [-0.2, -0.15) is 0 Å². The maximum Gasteiger partial charge on any atom is 0.328 e. The summed E-state index contributed by atoms with van der Waals surface area (Å²) in [6.45, 7) is 32.8. The molecule has 0 aliphatic heterocycles. The van der Waals surface area contributed by atoms with Crippen molar-refractivity contribution in [3.05, 3.63) is 71.8 Å². The van der Waals surface area contributed by atoms with Crippen LogP contribution in [-0.2, 0) is 67.1 Å². The lowest BCUT2D eigenvalue weighted by Crippen LogP contribution is -2.44. The fourth-order valence-electron chi connectivity index (χ4n) is 7.10. The van der Waals surface area contributed by atoms with E-state index in [-0.39, 0.29) is 76.9 Å². The van der Waals surface area contributed by atoms with Gasteiger partial charge in [-0.15, -0.1) is 0 Å². The van der Waals surface area contributed by atoms with Gasteiger partial charge in [0.05, 0.1) is 11.8 Å². The number of ketones is 8. The molecule has 2 saturated carbocycles. The van der Waals surface area contributed by atoms with E-state index in [1.54, 1.807) is 20.8 Å². The summed E-state index contributed by atoms with van der Waals surface area (Å²) < 4.78 is 5.11. The highest BCUT2D eigenvalue weighted by Crippen LogP contribution is 2.27. The van der Waals surface area contributed by atoms with Crippen LogP contribution in [0.4, 0.5) is 0 Å². The number of carbonyl (C=O) groups is 13. The van der Waals surface area contributed by atoms with Crippen molar-refractivity contribution in [3.8, 4) is 0 Å². The molecule has 0 bridgehead atoms. The molecule has 83 heavy (non-hydrogen) atoms. The number of hydrogen-bond donors (Lipinski definition) is 4. The average molecular weight is 1160 g/mol. The first-order chi connectivity index (χ1) is 38.3. The molecule has 0 aromatic heterocycles. The molecule has 2 aromatic carbocycles. The van der Waals surface area contributed by atoms with Crippen molar-refractivity contribution in [1.29, 1.82) is 0 Å². The van der Waals surface area contributed by atoms with Gasteiger partial charge in [-0.25, -0.2) is 4.79 Å². The summed E-state index contributed by atoms with van der Waals surface area (Å²) in [6.07, 6.45) is 6.88. The summed E-state index contributed by atoms with van der Waals surface area (Å²) in [7, 11) is 0. The second kappa shape index (κ2) is 40.4. The van der Waals surface area contributed by atoms with Crippen LogP contribution in [0.5, 0.6) is 0 Å². The minimum atomic E-state index is -0.863. The van der Waals surface area contributed by atoms with Gasteiger partial charge in [0.2, 0.25) is 23.1 Å². The highest BCUT2D eigenvalue weighted by molar-refractivity contribution is 6.39. The molecule has 2 aromatic rings. The zero-order valence-corrected chi connectivity index (χ0v) is 53.0. The van der Waals surface area contributed by atoms with Crippen LogP contribution in [0.2, 0.25) is 0 Å². The Morgan fingerprint density at radius 2 is 0.843 bits per heavy atom. The quantitative estimate of drug-likeness (QED) is 0.0504. The van der Waals surface area contributed by atoms with Crippen molar-refractivity contribution in [3.63, 3.8) is 0 Å². The van der Waals surface area contributed by atoms with Gasteiger partial charge < -0.3 is 26.4 Å². The number of nitrogens with one attached hydrogen (secondary N) is 3. The number of esters is 1. The molecule has 464 valence electrons. The Balaban J connectivity index is 0. The van der Waals surface area contributed by atoms with Crippen LogP contribution >= 0.6 is 0 Å². The third kappa shape index (κ3) is 38.5. The van der Waals surface area contributed by atoms with Gasteiger partial charge in [0.1, 0.15) is 11.6 Å². The lowest BCUT2D eigenvalue weighted by atomic mass is 9.84. The van der Waals surface area contributed by atoms with E-state index in [4.69, 9.17) is 10.5 Å². The van der Waals surface area contributed by atoms with E-state index in [9.17, 15) is 62.3 Å². The monoisotopic (exact) mass is 1160 g/mol. The third-order valence-corrected chi connectivity index (χ3v) is 12.0. The molecule has 2 aliphatic carbocycles. The normalized spacial score (nSPS) is 13.4. The number of nitrogens with two attached hydrogens (primary N) is 1. The van der Waals surface area contributed by atoms with Crippen LogP contribution in [0.15, 0.2) is 60.7 Å². The van der Waals surface area contributed by atoms with E-state index >= 15 is 0 Å². The van der Waals surface area contributed by atoms with Gasteiger partial charge in [-0.1, -0.05) is 144 Å². The SMILES string of the molecule is CC(=O)C(=O)CC(C)C.CC(=O)C(=O)CCC(C)C.CC(C)C(C(=O)C(=O)NC1CC1)c1ccccc1.CC(C)C(C(=O)C(N)=O)c1ccccc1.CC(C)CC(=O)C(=O)NC1CC1.CC(C)CCC(=O)C(=O)NC(C)C(=O)OC(C)(C)C. The second-order valence-electron chi connectivity index (χ2n) is 24.4. The maximum atomic E-state index is 12.2. The van der Waals surface area contributed by atoms with Gasteiger partial charge in [-0.05, 0) is 113 Å². The number of primary amides is 1. The van der Waals surface area contributed by atoms with Crippen LogP contribution in [0.3, 0.4) is 0 Å². The van der Waals surface area contributed by atoms with E-state index in [1.165, 1.54) is 20.8 Å². The minimum absolute atomic E-state index is 0.0624. The maximum absolute atomic E-state index is 12.2. The largest absolute Gasteiger partial charge is 0.458 e. The Hall–Kier alpha value is -6.85. The zero-order valence-electron chi connectivity index (χ0n) is 53.0. The molecule has 2 fully saturated rings. The first-order valence-corrected chi connectivity index (χ1v) is 29.1. The number of hydrogen-bond acceptors (Lipinski definition) is 14. The van der Waals surface area contributed by atoms with Gasteiger partial charge >= 0.3 is 5.97 Å². The first kappa shape index (κ1) is 78.2. The molecule has 4 amide bonds. The lowest BCUT2D eigenvalue weighted by Gasteiger charge is -2.22. The third-order valence-electron chi connectivity index (χ3n) is 12.0. The molecule has 0 radical (unpaired) electrons. The summed E-state index contributed by atoms with van der Waals surface area (Å²) in [5.41, 5.74) is 6.17. The molecule has 3 atom stereocenters. The van der Waals surface area contributed by atoms with Crippen molar-refractivity contribution in [2.45, 2.75) is 224 Å². The first-order valence-electron chi connectivity index (χ1n) is 29.1. The number of ether oxygens (including phenoxy) is 1. The standard InChI is InChI=1S/C15H19NO2.C14H25NO4.C12H15NO2.C9H15NO2.C8H14O2.C7H12O2/c1-10(2)13(11-6-4-3-5-7-11)14(17)15(18)16-12-8-9-12;1-9(2)7-8-11(16)12(17)15-10(3)13(18)19-14(4,5)6;1-8(2)10(11(14)12(13)15)9-6-4-3-5-7-9;1-6(2)5-8(11)9(12)10-7-3-4-7;1-6(2)4-5-8(10)7(3)9;1-5(2)4-7(9)6(3)8/h3-7,10,12-13H,8-9H2,1-2H3,(H,16,18);9-10H,7-8H2,1-6H3,(H,15,17);3-8,10H,1-2H3,(H2,13,15);6-7H,3-5H2,1-2H3,(H,10,12);6H,4-5H2,1-3H3;5H,4H2,1-3H3. The summed E-state index contributed by atoms with van der Waals surface area (Å²) in [5.74, 6) is -4.89. The van der Waals surface area contributed by atoms with Crippen molar-refractivity contribution in [2.24, 2.45) is 41.2 Å². The Morgan fingerprint density at radius 1 is 0.482 bits per heavy atom. The van der Waals surface area contributed by atoms with E-state index in [2.05, 4.69) is 16.0 Å². The van der Waals surface area contributed by atoms with Gasteiger partial charge in [0.25, 0.3) is 23.6 Å². The highest BCUT2D eigenvalue weighted by atomic mass is 16.6. The predicted octanol–water partition coefficient (Wildman–Crippen LogP) is 9.24. The number of Topliss-reactive ketones (excluding diaryl/α,β-unsaturated/α-hetero) is 8. The van der Waals surface area contributed by atoms with Gasteiger partial charge in [-0.3, -0.25) is 57.5 Å². The molecule has 3 unspecified atom stereocenters. The van der Waals surface area contributed by atoms with Crippen LogP contribution in [0.1, 0.15) is 212 Å². The smallest absolute Gasteiger partial charge is 0.328 e. The van der Waals surface area contributed by atoms with Crippen molar-refractivity contribution < 1.29 is 67.1 Å². The number of rotatable bonds is 26. The number of amides is 4. The molecule has 0 spiro atoms. The Labute approximate surface area is 494 Å². The average Bonchev–Trinajstić information content (AvgIpc) is 4.37. The van der Waals surface area contributed by atoms with Gasteiger partial charge in [0, 0.05) is 51.6 Å². The van der Waals surface area contributed by atoms with E-state index < -0.39 is 58.7 Å². The van der Waals surface area contributed by atoms with Crippen LogP contribution in [-0.4, -0.2) is 99.6 Å². The molecule has 4 rings (SSSR count). The van der Waals surface area contributed by atoms with Crippen molar-refractivity contribution in [1.82, 2.24) is 16.0 Å². The summed E-state index contributed by atoms with van der Waals surface area (Å²) in [6, 6.07) is 18.5. The molecule has 18 nitrogen and oxygen atoms in total. The predicted molar refractivity (Wildman–Crippen MR) is 321 cm³/mol.